The fourth-order valence-electron chi connectivity index (χ4n) is 2.32. The maximum atomic E-state index is 5.99. The van der Waals surface area contributed by atoms with Gasteiger partial charge in [0.2, 0.25) is 0 Å². The van der Waals surface area contributed by atoms with E-state index in [1.54, 1.807) is 0 Å². The summed E-state index contributed by atoms with van der Waals surface area (Å²) in [5.41, 5.74) is 8.21. The Morgan fingerprint density at radius 2 is 2.06 bits per heavy atom. The molecule has 1 heterocycles. The van der Waals surface area contributed by atoms with Gasteiger partial charge in [0.15, 0.2) is 0 Å². The molecule has 3 N–H and O–H groups in total. The van der Waals surface area contributed by atoms with Gasteiger partial charge >= 0.3 is 0 Å². The highest BCUT2D eigenvalue weighted by Crippen LogP contribution is 2.23. The predicted molar refractivity (Wildman–Crippen MR) is 72.5 cm³/mol. The van der Waals surface area contributed by atoms with Crippen LogP contribution in [0.15, 0.2) is 22.7 Å². The highest BCUT2D eigenvalue weighted by molar-refractivity contribution is 9.10. The van der Waals surface area contributed by atoms with E-state index in [2.05, 4.69) is 33.4 Å². The molecule has 3 heteroatoms. The van der Waals surface area contributed by atoms with Crippen LogP contribution in [0.25, 0.3) is 0 Å². The molecule has 2 nitrogen and oxygen atoms in total. The fourth-order valence-corrected chi connectivity index (χ4v) is 2.70. The summed E-state index contributed by atoms with van der Waals surface area (Å²) in [6, 6.07) is 6.21. The topological polar surface area (TPSA) is 38.0 Å². The Hall–Kier alpha value is -0.540. The van der Waals surface area contributed by atoms with Crippen LogP contribution in [0.1, 0.15) is 24.8 Å². The van der Waals surface area contributed by atoms with E-state index in [4.69, 9.17) is 5.73 Å². The summed E-state index contributed by atoms with van der Waals surface area (Å²) in [7, 11) is 0. The number of benzene rings is 1. The van der Waals surface area contributed by atoms with Gasteiger partial charge in [-0.1, -0.05) is 22.0 Å². The lowest BCUT2D eigenvalue weighted by atomic mass is 9.91. The molecular formula is C13H19BrN2. The number of nitrogen functional groups attached to an aromatic ring is 1. The number of halogens is 1. The van der Waals surface area contributed by atoms with Crippen molar-refractivity contribution in [2.75, 3.05) is 18.8 Å². The molecule has 0 saturated carbocycles. The van der Waals surface area contributed by atoms with Crippen molar-refractivity contribution in [3.63, 3.8) is 0 Å². The minimum Gasteiger partial charge on any atom is -0.398 e. The monoisotopic (exact) mass is 282 g/mol. The van der Waals surface area contributed by atoms with Crippen molar-refractivity contribution in [3.8, 4) is 0 Å². The van der Waals surface area contributed by atoms with Crippen LogP contribution in [0.2, 0.25) is 0 Å². The van der Waals surface area contributed by atoms with Gasteiger partial charge in [0.25, 0.3) is 0 Å². The Balaban J connectivity index is 1.88. The zero-order valence-electron chi connectivity index (χ0n) is 9.51. The number of anilines is 1. The molecule has 1 saturated heterocycles. The molecule has 88 valence electrons. The maximum absolute atomic E-state index is 5.99. The number of nitrogens with one attached hydrogen (secondary N) is 1. The Labute approximate surface area is 106 Å². The van der Waals surface area contributed by atoms with E-state index in [9.17, 15) is 0 Å². The summed E-state index contributed by atoms with van der Waals surface area (Å²) >= 11 is 3.44. The second-order valence-electron chi connectivity index (χ2n) is 4.58. The van der Waals surface area contributed by atoms with Crippen molar-refractivity contribution in [1.29, 1.82) is 0 Å². The van der Waals surface area contributed by atoms with E-state index in [1.807, 2.05) is 6.07 Å². The summed E-state index contributed by atoms with van der Waals surface area (Å²) < 4.78 is 1.07. The van der Waals surface area contributed by atoms with Crippen LogP contribution in [0.4, 0.5) is 5.69 Å². The first-order chi connectivity index (χ1) is 7.75. The summed E-state index contributed by atoms with van der Waals surface area (Å²) in [5, 5.41) is 3.40. The van der Waals surface area contributed by atoms with E-state index >= 15 is 0 Å². The lowest BCUT2D eigenvalue weighted by Gasteiger charge is -2.22. The Morgan fingerprint density at radius 3 is 2.75 bits per heavy atom. The minimum absolute atomic E-state index is 0.879. The van der Waals surface area contributed by atoms with E-state index in [0.29, 0.717) is 0 Å². The van der Waals surface area contributed by atoms with Gasteiger partial charge < -0.3 is 11.1 Å². The van der Waals surface area contributed by atoms with Gasteiger partial charge in [-0.3, -0.25) is 0 Å². The molecule has 1 aliphatic heterocycles. The third-order valence-electron chi connectivity index (χ3n) is 3.39. The standard InChI is InChI=1S/C13H19BrN2/c14-12-4-3-11(13(15)9-12)2-1-10-5-7-16-8-6-10/h3-4,9-10,16H,1-2,5-8,15H2. The Kier molecular flexibility index (Phi) is 4.24. The van der Waals surface area contributed by atoms with Gasteiger partial charge in [-0.2, -0.15) is 0 Å². The quantitative estimate of drug-likeness (QED) is 0.837. The van der Waals surface area contributed by atoms with Gasteiger partial charge in [-0.25, -0.2) is 0 Å². The minimum atomic E-state index is 0.879. The summed E-state index contributed by atoms with van der Waals surface area (Å²) in [4.78, 5) is 0. The smallest absolute Gasteiger partial charge is 0.0357 e. The summed E-state index contributed by atoms with van der Waals surface area (Å²) in [5.74, 6) is 0.879. The van der Waals surface area contributed by atoms with Crippen LogP contribution in [0.5, 0.6) is 0 Å². The second kappa shape index (κ2) is 5.69. The van der Waals surface area contributed by atoms with Gasteiger partial charge in [0, 0.05) is 10.2 Å². The Morgan fingerprint density at radius 1 is 1.31 bits per heavy atom. The zero-order chi connectivity index (χ0) is 11.4. The van der Waals surface area contributed by atoms with Gasteiger partial charge in [0.05, 0.1) is 0 Å². The lowest BCUT2D eigenvalue weighted by molar-refractivity contribution is 0.354. The van der Waals surface area contributed by atoms with Crippen molar-refractivity contribution >= 4 is 21.6 Å². The molecule has 0 bridgehead atoms. The summed E-state index contributed by atoms with van der Waals surface area (Å²) in [6.07, 6.45) is 5.02. The van der Waals surface area contributed by atoms with Crippen LogP contribution in [0.3, 0.4) is 0 Å². The number of rotatable bonds is 3. The van der Waals surface area contributed by atoms with Crippen LogP contribution in [-0.2, 0) is 6.42 Å². The molecule has 0 unspecified atom stereocenters. The van der Waals surface area contributed by atoms with Crippen LogP contribution in [-0.4, -0.2) is 13.1 Å². The van der Waals surface area contributed by atoms with Crippen LogP contribution in [0, 0.1) is 5.92 Å². The molecule has 0 aliphatic carbocycles. The van der Waals surface area contributed by atoms with Crippen LogP contribution >= 0.6 is 15.9 Å². The molecule has 2 rings (SSSR count). The predicted octanol–water partition coefficient (Wildman–Crippen LogP) is 2.96. The van der Waals surface area contributed by atoms with Gasteiger partial charge in [0.1, 0.15) is 0 Å². The average molecular weight is 283 g/mol. The third kappa shape index (κ3) is 3.22. The van der Waals surface area contributed by atoms with Crippen molar-refractivity contribution < 1.29 is 0 Å². The largest absolute Gasteiger partial charge is 0.398 e. The number of piperidine rings is 1. The molecular weight excluding hydrogens is 264 g/mol. The summed E-state index contributed by atoms with van der Waals surface area (Å²) in [6.45, 7) is 2.36. The maximum Gasteiger partial charge on any atom is 0.0357 e. The number of nitrogens with two attached hydrogens (primary N) is 1. The number of aryl methyl sites for hydroxylation is 1. The highest BCUT2D eigenvalue weighted by Gasteiger charge is 2.13. The Bertz CT molecular complexity index is 346. The molecule has 0 atom stereocenters. The van der Waals surface area contributed by atoms with E-state index < -0.39 is 0 Å². The second-order valence-corrected chi connectivity index (χ2v) is 5.49. The normalized spacial score (nSPS) is 17.6. The molecule has 1 aliphatic rings. The molecule has 0 radical (unpaired) electrons. The fraction of sp³-hybridized carbons (Fsp3) is 0.538. The highest BCUT2D eigenvalue weighted by atomic mass is 79.9. The third-order valence-corrected chi connectivity index (χ3v) is 3.88. The molecule has 16 heavy (non-hydrogen) atoms. The molecule has 1 aromatic carbocycles. The van der Waals surface area contributed by atoms with Crippen molar-refractivity contribution in [3.05, 3.63) is 28.2 Å². The molecule has 0 amide bonds. The lowest BCUT2D eigenvalue weighted by Crippen LogP contribution is -2.27. The van der Waals surface area contributed by atoms with Gasteiger partial charge in [-0.05, 0) is 62.4 Å². The molecule has 0 spiro atoms. The van der Waals surface area contributed by atoms with Crippen molar-refractivity contribution in [2.24, 2.45) is 5.92 Å². The van der Waals surface area contributed by atoms with Crippen LogP contribution < -0.4 is 11.1 Å². The van der Waals surface area contributed by atoms with Crippen molar-refractivity contribution in [1.82, 2.24) is 5.32 Å². The molecule has 0 aromatic heterocycles. The van der Waals surface area contributed by atoms with Gasteiger partial charge in [-0.15, -0.1) is 0 Å². The van der Waals surface area contributed by atoms with Crippen molar-refractivity contribution in [2.45, 2.75) is 25.7 Å². The van der Waals surface area contributed by atoms with E-state index in [0.717, 1.165) is 22.5 Å². The first-order valence-corrected chi connectivity index (χ1v) is 6.79. The first kappa shape index (κ1) is 11.9. The number of hydrogen-bond donors (Lipinski definition) is 2. The van der Waals surface area contributed by atoms with E-state index in [1.165, 1.54) is 37.9 Å². The molecule has 1 fully saturated rings. The average Bonchev–Trinajstić information content (AvgIpc) is 2.29. The molecule has 1 aromatic rings. The SMILES string of the molecule is Nc1cc(Br)ccc1CCC1CCNCC1. The zero-order valence-corrected chi connectivity index (χ0v) is 11.1. The van der Waals surface area contributed by atoms with E-state index in [-0.39, 0.29) is 0 Å². The number of hydrogen-bond acceptors (Lipinski definition) is 2. The first-order valence-electron chi connectivity index (χ1n) is 6.00.